The van der Waals surface area contributed by atoms with Gasteiger partial charge in [-0.05, 0) is 24.3 Å². The Kier molecular flexibility index (Phi) is 3.26. The Labute approximate surface area is 105 Å². The van der Waals surface area contributed by atoms with Gasteiger partial charge >= 0.3 is 6.18 Å². The first-order valence-electron chi connectivity index (χ1n) is 4.79. The van der Waals surface area contributed by atoms with E-state index in [4.69, 9.17) is 11.6 Å². The van der Waals surface area contributed by atoms with Crippen LogP contribution >= 0.6 is 11.6 Å². The molecule has 0 aliphatic carbocycles. The van der Waals surface area contributed by atoms with Gasteiger partial charge in [-0.1, -0.05) is 11.6 Å². The van der Waals surface area contributed by atoms with Crippen LogP contribution in [0.5, 0.6) is 0 Å². The molecule has 93 valence electrons. The van der Waals surface area contributed by atoms with E-state index >= 15 is 0 Å². The first-order valence-corrected chi connectivity index (χ1v) is 5.16. The molecule has 1 aromatic heterocycles. The molecule has 1 nitrogen and oxygen atoms in total. The van der Waals surface area contributed by atoms with Gasteiger partial charge in [-0.15, -0.1) is 0 Å². The molecule has 0 atom stereocenters. The van der Waals surface area contributed by atoms with Gasteiger partial charge in [-0.3, -0.25) is 4.98 Å². The van der Waals surface area contributed by atoms with Gasteiger partial charge in [0.25, 0.3) is 0 Å². The molecule has 0 saturated heterocycles. The Balaban J connectivity index is 2.60. The molecule has 0 spiro atoms. The zero-order valence-corrected chi connectivity index (χ0v) is 9.48. The van der Waals surface area contributed by atoms with Crippen LogP contribution in [0.3, 0.4) is 0 Å². The summed E-state index contributed by atoms with van der Waals surface area (Å²) in [5.74, 6) is -1.11. The summed E-state index contributed by atoms with van der Waals surface area (Å²) in [6.07, 6.45) is -3.30. The van der Waals surface area contributed by atoms with Crippen molar-refractivity contribution in [1.29, 1.82) is 0 Å². The average molecular weight is 275 g/mol. The zero-order chi connectivity index (χ0) is 13.3. The minimum Gasteiger partial charge on any atom is -0.255 e. The van der Waals surface area contributed by atoms with Crippen molar-refractivity contribution in [2.75, 3.05) is 0 Å². The molecule has 18 heavy (non-hydrogen) atoms. The van der Waals surface area contributed by atoms with Gasteiger partial charge in [0.1, 0.15) is 5.82 Å². The number of halogens is 5. The van der Waals surface area contributed by atoms with E-state index in [2.05, 4.69) is 4.98 Å². The number of pyridine rings is 1. The van der Waals surface area contributed by atoms with Gasteiger partial charge in [0.2, 0.25) is 0 Å². The molecule has 0 saturated carbocycles. The van der Waals surface area contributed by atoms with Crippen LogP contribution in [0.25, 0.3) is 11.3 Å². The standard InChI is InChI=1S/C12H5ClF4N/c13-10-2-1-3-18-11(10)7-4-8(12(15,16)17)6-9(14)5-7/h1-5H. The molecule has 0 amide bonds. The largest absolute Gasteiger partial charge is 0.417 e. The Hall–Kier alpha value is -1.62. The third kappa shape index (κ3) is 2.61. The maximum absolute atomic E-state index is 13.1. The van der Waals surface area contributed by atoms with Crippen molar-refractivity contribution in [2.45, 2.75) is 6.18 Å². The first kappa shape index (κ1) is 12.8. The van der Waals surface area contributed by atoms with Crippen molar-refractivity contribution in [3.8, 4) is 11.3 Å². The topological polar surface area (TPSA) is 12.9 Å². The zero-order valence-electron chi connectivity index (χ0n) is 8.72. The summed E-state index contributed by atoms with van der Waals surface area (Å²) in [6, 6.07) is 6.28. The van der Waals surface area contributed by atoms with Crippen LogP contribution in [0.15, 0.2) is 30.5 Å². The molecule has 1 radical (unpaired) electrons. The quantitative estimate of drug-likeness (QED) is 0.704. The van der Waals surface area contributed by atoms with E-state index in [-0.39, 0.29) is 16.3 Å². The highest BCUT2D eigenvalue weighted by atomic mass is 35.5. The second-order valence-electron chi connectivity index (χ2n) is 3.46. The number of rotatable bonds is 1. The number of benzene rings is 1. The minimum atomic E-state index is -4.67. The summed E-state index contributed by atoms with van der Waals surface area (Å²) in [4.78, 5) is 3.83. The van der Waals surface area contributed by atoms with Crippen molar-refractivity contribution in [1.82, 2.24) is 4.98 Å². The average Bonchev–Trinajstić information content (AvgIpc) is 2.27. The third-order valence-corrected chi connectivity index (χ3v) is 2.48. The lowest BCUT2D eigenvalue weighted by atomic mass is 10.1. The van der Waals surface area contributed by atoms with E-state index in [1.165, 1.54) is 18.3 Å². The fourth-order valence-corrected chi connectivity index (χ4v) is 1.65. The van der Waals surface area contributed by atoms with Crippen molar-refractivity contribution < 1.29 is 17.6 Å². The second-order valence-corrected chi connectivity index (χ2v) is 3.87. The molecular formula is C12H5ClF4N. The van der Waals surface area contributed by atoms with Crippen LogP contribution < -0.4 is 0 Å². The Morgan fingerprint density at radius 3 is 2.56 bits per heavy atom. The molecule has 1 heterocycles. The molecule has 0 aliphatic heterocycles. The van der Waals surface area contributed by atoms with E-state index in [9.17, 15) is 17.6 Å². The number of nitrogens with zero attached hydrogens (tertiary/aromatic N) is 1. The third-order valence-electron chi connectivity index (χ3n) is 2.17. The summed E-state index contributed by atoms with van der Waals surface area (Å²) in [5, 5.41) is 0.149. The molecule has 6 heteroatoms. The molecule has 0 fully saturated rings. The first-order chi connectivity index (χ1) is 8.38. The Morgan fingerprint density at radius 2 is 1.94 bits per heavy atom. The van der Waals surface area contributed by atoms with Crippen LogP contribution in [0.4, 0.5) is 17.6 Å². The van der Waals surface area contributed by atoms with Gasteiger partial charge in [0, 0.05) is 17.8 Å². The summed E-state index contributed by atoms with van der Waals surface area (Å²) in [5.41, 5.74) is -1.14. The summed E-state index contributed by atoms with van der Waals surface area (Å²) >= 11 is 5.80. The van der Waals surface area contributed by atoms with Gasteiger partial charge in [-0.25, -0.2) is 4.39 Å². The van der Waals surface area contributed by atoms with Gasteiger partial charge < -0.3 is 0 Å². The summed E-state index contributed by atoms with van der Waals surface area (Å²) in [7, 11) is 0. The lowest BCUT2D eigenvalue weighted by Crippen LogP contribution is -2.06. The molecule has 0 unspecified atom stereocenters. The number of hydrogen-bond donors (Lipinski definition) is 0. The molecule has 0 bridgehead atoms. The Morgan fingerprint density at radius 1 is 1.22 bits per heavy atom. The molecule has 2 rings (SSSR count). The maximum atomic E-state index is 13.1. The number of hydrogen-bond acceptors (Lipinski definition) is 1. The predicted molar refractivity (Wildman–Crippen MR) is 58.5 cm³/mol. The van der Waals surface area contributed by atoms with Crippen LogP contribution in [-0.4, -0.2) is 4.98 Å². The molecule has 2 aromatic rings. The lowest BCUT2D eigenvalue weighted by Gasteiger charge is -2.09. The molecule has 0 N–H and O–H groups in total. The fraction of sp³-hybridized carbons (Fsp3) is 0.0833. The van der Waals surface area contributed by atoms with Crippen LogP contribution in [0.1, 0.15) is 5.56 Å². The summed E-state index contributed by atoms with van der Waals surface area (Å²) in [6.45, 7) is 0. The highest BCUT2D eigenvalue weighted by molar-refractivity contribution is 6.33. The normalized spacial score (nSPS) is 11.6. The van der Waals surface area contributed by atoms with E-state index in [0.717, 1.165) is 12.1 Å². The molecular weight excluding hydrogens is 270 g/mol. The van der Waals surface area contributed by atoms with Gasteiger partial charge in [0.05, 0.1) is 16.3 Å². The smallest absolute Gasteiger partial charge is 0.255 e. The van der Waals surface area contributed by atoms with E-state index in [0.29, 0.717) is 0 Å². The monoisotopic (exact) mass is 274 g/mol. The highest BCUT2D eigenvalue weighted by Crippen LogP contribution is 2.33. The predicted octanol–water partition coefficient (Wildman–Crippen LogP) is 4.36. The van der Waals surface area contributed by atoms with E-state index in [1.54, 1.807) is 6.07 Å². The minimum absolute atomic E-state index is 0.0378. The molecule has 0 aliphatic rings. The Bertz CT molecular complexity index is 581. The van der Waals surface area contributed by atoms with Crippen LogP contribution in [-0.2, 0) is 6.18 Å². The van der Waals surface area contributed by atoms with Crippen LogP contribution in [0, 0.1) is 11.9 Å². The SMILES string of the molecule is Fc1[c]c(C(F)(F)F)cc(-c2ncccc2Cl)c1. The fourth-order valence-electron chi connectivity index (χ4n) is 1.42. The van der Waals surface area contributed by atoms with Gasteiger partial charge in [-0.2, -0.15) is 13.2 Å². The van der Waals surface area contributed by atoms with E-state index < -0.39 is 17.6 Å². The lowest BCUT2D eigenvalue weighted by molar-refractivity contribution is -0.138. The summed E-state index contributed by atoms with van der Waals surface area (Å²) < 4.78 is 50.7. The van der Waals surface area contributed by atoms with Crippen LogP contribution in [0.2, 0.25) is 5.02 Å². The van der Waals surface area contributed by atoms with Crippen molar-refractivity contribution in [3.05, 3.63) is 52.9 Å². The van der Waals surface area contributed by atoms with Crippen molar-refractivity contribution in [2.24, 2.45) is 0 Å². The number of aromatic nitrogens is 1. The number of alkyl halides is 3. The molecule has 1 aromatic carbocycles. The van der Waals surface area contributed by atoms with E-state index in [1.807, 2.05) is 0 Å². The highest BCUT2D eigenvalue weighted by Gasteiger charge is 2.32. The maximum Gasteiger partial charge on any atom is 0.417 e. The van der Waals surface area contributed by atoms with Gasteiger partial charge in [0.15, 0.2) is 0 Å². The van der Waals surface area contributed by atoms with Crippen molar-refractivity contribution in [3.63, 3.8) is 0 Å². The second kappa shape index (κ2) is 4.57. The van der Waals surface area contributed by atoms with Crippen molar-refractivity contribution >= 4 is 11.6 Å².